The molecule has 2 N–H and O–H groups in total. The molecule has 0 bridgehead atoms. The van der Waals surface area contributed by atoms with Gasteiger partial charge in [-0.05, 0) is 25.0 Å². The highest BCUT2D eigenvalue weighted by Crippen LogP contribution is 2.27. The predicted molar refractivity (Wildman–Crippen MR) is 87.8 cm³/mol. The Kier molecular flexibility index (Phi) is 3.61. The van der Waals surface area contributed by atoms with Crippen LogP contribution in [0.3, 0.4) is 0 Å². The molecule has 0 saturated heterocycles. The lowest BCUT2D eigenvalue weighted by molar-refractivity contribution is 0.399. The van der Waals surface area contributed by atoms with Gasteiger partial charge in [0, 0.05) is 30.7 Å². The Hall–Kier alpha value is -2.26. The second-order valence-corrected chi connectivity index (χ2v) is 7.51. The standard InChI is InChI=1S/C15H18N6O2S/c1-2-13-18-15-11(6-4-8-21(15)19-13)20-24(22,23)12-9-17-14-10(12)5-3-7-16-14/h3,5,7,9,11,20H,2,4,6,8H2,1H3,(H,16,17). The van der Waals surface area contributed by atoms with Gasteiger partial charge in [-0.2, -0.15) is 5.10 Å². The molecule has 4 rings (SSSR count). The molecule has 126 valence electrons. The molecule has 9 heteroatoms. The number of fused-ring (bicyclic) bond motifs is 2. The lowest BCUT2D eigenvalue weighted by atomic mass is 10.1. The van der Waals surface area contributed by atoms with Crippen molar-refractivity contribution in [3.63, 3.8) is 0 Å². The van der Waals surface area contributed by atoms with Gasteiger partial charge < -0.3 is 4.98 Å². The van der Waals surface area contributed by atoms with E-state index in [4.69, 9.17) is 0 Å². The molecule has 4 heterocycles. The quantitative estimate of drug-likeness (QED) is 0.745. The zero-order chi connectivity index (χ0) is 16.7. The van der Waals surface area contributed by atoms with Gasteiger partial charge in [0.25, 0.3) is 0 Å². The molecule has 24 heavy (non-hydrogen) atoms. The van der Waals surface area contributed by atoms with Crippen molar-refractivity contribution in [2.24, 2.45) is 0 Å². The van der Waals surface area contributed by atoms with E-state index in [1.165, 1.54) is 6.20 Å². The van der Waals surface area contributed by atoms with Gasteiger partial charge in [0.2, 0.25) is 10.0 Å². The van der Waals surface area contributed by atoms with E-state index in [1.54, 1.807) is 18.3 Å². The van der Waals surface area contributed by atoms with Gasteiger partial charge in [0.05, 0.1) is 6.04 Å². The number of nitrogens with one attached hydrogen (secondary N) is 2. The molecule has 0 radical (unpaired) electrons. The highest BCUT2D eigenvalue weighted by Gasteiger charge is 2.30. The molecule has 0 amide bonds. The van der Waals surface area contributed by atoms with Gasteiger partial charge in [-0.25, -0.2) is 27.8 Å². The Balaban J connectivity index is 1.69. The van der Waals surface area contributed by atoms with E-state index in [0.29, 0.717) is 23.3 Å². The van der Waals surface area contributed by atoms with E-state index in [-0.39, 0.29) is 10.9 Å². The summed E-state index contributed by atoms with van der Waals surface area (Å²) in [5.74, 6) is 1.44. The number of rotatable bonds is 4. The third-order valence-corrected chi connectivity index (χ3v) is 5.75. The molecule has 0 aliphatic carbocycles. The first-order chi connectivity index (χ1) is 11.6. The summed E-state index contributed by atoms with van der Waals surface area (Å²) in [6.45, 7) is 2.76. The van der Waals surface area contributed by atoms with Crippen LogP contribution in [0.15, 0.2) is 29.4 Å². The van der Waals surface area contributed by atoms with Crippen LogP contribution in [-0.4, -0.2) is 33.2 Å². The normalized spacial score (nSPS) is 18.0. The average Bonchev–Trinajstić information content (AvgIpc) is 3.19. The monoisotopic (exact) mass is 346 g/mol. The first-order valence-corrected chi connectivity index (χ1v) is 9.45. The maximum atomic E-state index is 12.8. The Morgan fingerprint density at radius 2 is 2.33 bits per heavy atom. The summed E-state index contributed by atoms with van der Waals surface area (Å²) in [6, 6.07) is 3.10. The van der Waals surface area contributed by atoms with Gasteiger partial charge in [0.1, 0.15) is 16.4 Å². The van der Waals surface area contributed by atoms with Crippen molar-refractivity contribution in [3.05, 3.63) is 36.2 Å². The number of pyridine rings is 1. The van der Waals surface area contributed by atoms with E-state index in [9.17, 15) is 8.42 Å². The maximum Gasteiger partial charge on any atom is 0.243 e. The molecule has 0 fully saturated rings. The zero-order valence-electron chi connectivity index (χ0n) is 13.2. The molecule has 1 aliphatic heterocycles. The van der Waals surface area contributed by atoms with Crippen molar-refractivity contribution < 1.29 is 8.42 Å². The van der Waals surface area contributed by atoms with Gasteiger partial charge >= 0.3 is 0 Å². The van der Waals surface area contributed by atoms with Crippen LogP contribution in [0.1, 0.15) is 37.5 Å². The molecule has 1 atom stereocenters. The summed E-state index contributed by atoms with van der Waals surface area (Å²) in [4.78, 5) is 11.7. The Labute approximate surface area is 139 Å². The minimum atomic E-state index is -3.69. The summed E-state index contributed by atoms with van der Waals surface area (Å²) in [5.41, 5.74) is 0.554. The minimum absolute atomic E-state index is 0.206. The number of nitrogens with zero attached hydrogens (tertiary/aromatic N) is 4. The van der Waals surface area contributed by atoms with Crippen molar-refractivity contribution >= 4 is 21.1 Å². The first-order valence-electron chi connectivity index (χ1n) is 7.96. The highest BCUT2D eigenvalue weighted by atomic mass is 32.2. The summed E-state index contributed by atoms with van der Waals surface area (Å²) in [7, 11) is -3.69. The molecule has 0 saturated carbocycles. The molecular weight excluding hydrogens is 328 g/mol. The van der Waals surface area contributed by atoms with Crippen LogP contribution < -0.4 is 4.72 Å². The Bertz CT molecular complexity index is 990. The number of H-pyrrole nitrogens is 1. The van der Waals surface area contributed by atoms with Crippen molar-refractivity contribution in [1.82, 2.24) is 29.5 Å². The topological polar surface area (TPSA) is 106 Å². The fraction of sp³-hybridized carbons (Fsp3) is 0.400. The summed E-state index contributed by atoms with van der Waals surface area (Å²) in [5, 5.41) is 5.00. The summed E-state index contributed by atoms with van der Waals surface area (Å²) in [6.07, 6.45) is 5.40. The van der Waals surface area contributed by atoms with Crippen LogP contribution in [0, 0.1) is 0 Å². The molecule has 3 aromatic heterocycles. The Morgan fingerprint density at radius 3 is 3.17 bits per heavy atom. The summed E-state index contributed by atoms with van der Waals surface area (Å²) < 4.78 is 30.3. The van der Waals surface area contributed by atoms with Gasteiger partial charge in [-0.1, -0.05) is 6.92 Å². The van der Waals surface area contributed by atoms with Crippen molar-refractivity contribution in [2.45, 2.75) is 43.7 Å². The molecule has 0 spiro atoms. The fourth-order valence-electron chi connectivity index (χ4n) is 3.06. The fourth-order valence-corrected chi connectivity index (χ4v) is 4.46. The third-order valence-electron chi connectivity index (χ3n) is 4.23. The van der Waals surface area contributed by atoms with Crippen LogP contribution >= 0.6 is 0 Å². The van der Waals surface area contributed by atoms with Crippen LogP contribution in [0.25, 0.3) is 11.0 Å². The van der Waals surface area contributed by atoms with E-state index >= 15 is 0 Å². The van der Waals surface area contributed by atoms with Crippen molar-refractivity contribution in [3.8, 4) is 0 Å². The molecule has 8 nitrogen and oxygen atoms in total. The molecule has 1 unspecified atom stereocenters. The second kappa shape index (κ2) is 5.67. The molecule has 3 aromatic rings. The van der Waals surface area contributed by atoms with Gasteiger partial charge in [-0.3, -0.25) is 0 Å². The third kappa shape index (κ3) is 2.49. The number of aryl methyl sites for hydroxylation is 2. The van der Waals surface area contributed by atoms with Gasteiger partial charge in [0.15, 0.2) is 5.82 Å². The van der Waals surface area contributed by atoms with Crippen molar-refractivity contribution in [2.75, 3.05) is 0 Å². The SMILES string of the molecule is CCc1nc2n(n1)CCCC2NS(=O)(=O)c1c[nH]c2ncccc12. The number of aromatic nitrogens is 5. The summed E-state index contributed by atoms with van der Waals surface area (Å²) >= 11 is 0. The van der Waals surface area contributed by atoms with Crippen LogP contribution in [0.5, 0.6) is 0 Å². The molecular formula is C15H18N6O2S. The van der Waals surface area contributed by atoms with Crippen LogP contribution in [0.4, 0.5) is 0 Å². The molecule has 1 aliphatic rings. The van der Waals surface area contributed by atoms with E-state index in [2.05, 4.69) is 24.8 Å². The van der Waals surface area contributed by atoms with E-state index < -0.39 is 10.0 Å². The Morgan fingerprint density at radius 1 is 1.46 bits per heavy atom. The lowest BCUT2D eigenvalue weighted by Crippen LogP contribution is -2.33. The largest absolute Gasteiger partial charge is 0.345 e. The zero-order valence-corrected chi connectivity index (χ0v) is 14.0. The van der Waals surface area contributed by atoms with Crippen molar-refractivity contribution in [1.29, 1.82) is 0 Å². The van der Waals surface area contributed by atoms with E-state index in [0.717, 1.165) is 25.2 Å². The first kappa shape index (κ1) is 15.3. The number of aromatic amines is 1. The number of sulfonamides is 1. The number of hydrogen-bond acceptors (Lipinski definition) is 5. The smallest absolute Gasteiger partial charge is 0.243 e. The maximum absolute atomic E-state index is 12.8. The van der Waals surface area contributed by atoms with Crippen LogP contribution in [0.2, 0.25) is 0 Å². The molecule has 0 aromatic carbocycles. The highest BCUT2D eigenvalue weighted by molar-refractivity contribution is 7.89. The average molecular weight is 346 g/mol. The van der Waals surface area contributed by atoms with E-state index in [1.807, 2.05) is 11.6 Å². The van der Waals surface area contributed by atoms with Crippen LogP contribution in [-0.2, 0) is 23.0 Å². The predicted octanol–water partition coefficient (Wildman–Crippen LogP) is 1.53. The van der Waals surface area contributed by atoms with Gasteiger partial charge in [-0.15, -0.1) is 0 Å². The second-order valence-electron chi connectivity index (χ2n) is 5.83. The number of hydrogen-bond donors (Lipinski definition) is 2. The lowest BCUT2D eigenvalue weighted by Gasteiger charge is -2.22. The minimum Gasteiger partial charge on any atom is -0.345 e.